The lowest BCUT2D eigenvalue weighted by Crippen LogP contribution is -2.12. The SMILES string of the molecule is COc1cccc(-c2nnn(CCC3CCCO3)n2)c1. The minimum Gasteiger partial charge on any atom is -0.497 e. The van der Waals surface area contributed by atoms with Gasteiger partial charge in [0.25, 0.3) is 0 Å². The predicted molar refractivity (Wildman–Crippen MR) is 73.4 cm³/mol. The van der Waals surface area contributed by atoms with Gasteiger partial charge in [0.2, 0.25) is 5.82 Å². The van der Waals surface area contributed by atoms with Crippen LogP contribution in [0.3, 0.4) is 0 Å². The summed E-state index contributed by atoms with van der Waals surface area (Å²) in [6, 6.07) is 7.66. The molecule has 0 saturated carbocycles. The summed E-state index contributed by atoms with van der Waals surface area (Å²) in [6.45, 7) is 1.62. The quantitative estimate of drug-likeness (QED) is 0.833. The van der Waals surface area contributed by atoms with E-state index in [0.717, 1.165) is 43.7 Å². The highest BCUT2D eigenvalue weighted by molar-refractivity contribution is 5.56. The topological polar surface area (TPSA) is 62.1 Å². The second kappa shape index (κ2) is 6.00. The fourth-order valence-corrected chi connectivity index (χ4v) is 2.35. The first-order chi connectivity index (χ1) is 9.85. The van der Waals surface area contributed by atoms with Crippen LogP contribution in [0, 0.1) is 0 Å². The van der Waals surface area contributed by atoms with Gasteiger partial charge in [-0.25, -0.2) is 0 Å². The second-order valence-electron chi connectivity index (χ2n) is 4.86. The summed E-state index contributed by atoms with van der Waals surface area (Å²) < 4.78 is 10.8. The third-order valence-corrected chi connectivity index (χ3v) is 3.46. The maximum atomic E-state index is 5.59. The Morgan fingerprint density at radius 1 is 1.45 bits per heavy atom. The number of benzene rings is 1. The molecule has 1 aliphatic rings. The van der Waals surface area contributed by atoms with Crippen LogP contribution >= 0.6 is 0 Å². The summed E-state index contributed by atoms with van der Waals surface area (Å²) in [5.41, 5.74) is 0.910. The van der Waals surface area contributed by atoms with Gasteiger partial charge in [-0.15, -0.1) is 10.2 Å². The average Bonchev–Trinajstić information content (AvgIpc) is 3.16. The van der Waals surface area contributed by atoms with Crippen molar-refractivity contribution in [1.29, 1.82) is 0 Å². The Balaban J connectivity index is 1.66. The number of tetrazole rings is 1. The molecule has 6 heteroatoms. The zero-order valence-corrected chi connectivity index (χ0v) is 11.5. The molecule has 106 valence electrons. The lowest BCUT2D eigenvalue weighted by Gasteiger charge is -2.07. The molecular weight excluding hydrogens is 256 g/mol. The Labute approximate surface area is 117 Å². The lowest BCUT2D eigenvalue weighted by atomic mass is 10.2. The van der Waals surface area contributed by atoms with E-state index in [4.69, 9.17) is 9.47 Å². The van der Waals surface area contributed by atoms with Crippen molar-refractivity contribution in [3.05, 3.63) is 24.3 Å². The van der Waals surface area contributed by atoms with Crippen LogP contribution in [0.1, 0.15) is 19.3 Å². The van der Waals surface area contributed by atoms with Crippen LogP contribution in [0.2, 0.25) is 0 Å². The fourth-order valence-electron chi connectivity index (χ4n) is 2.35. The molecule has 1 saturated heterocycles. The van der Waals surface area contributed by atoms with E-state index in [9.17, 15) is 0 Å². The lowest BCUT2D eigenvalue weighted by molar-refractivity contribution is 0.0981. The van der Waals surface area contributed by atoms with Gasteiger partial charge in [-0.3, -0.25) is 0 Å². The highest BCUT2D eigenvalue weighted by Gasteiger charge is 2.16. The molecule has 1 fully saturated rings. The maximum absolute atomic E-state index is 5.59. The number of aromatic nitrogens is 4. The number of rotatable bonds is 5. The third-order valence-electron chi connectivity index (χ3n) is 3.46. The van der Waals surface area contributed by atoms with Crippen LogP contribution in [-0.4, -0.2) is 40.0 Å². The van der Waals surface area contributed by atoms with Gasteiger partial charge in [-0.1, -0.05) is 12.1 Å². The van der Waals surface area contributed by atoms with Gasteiger partial charge in [-0.2, -0.15) is 4.80 Å². The molecule has 6 nitrogen and oxygen atoms in total. The van der Waals surface area contributed by atoms with Gasteiger partial charge in [-0.05, 0) is 36.6 Å². The molecule has 1 aromatic heterocycles. The fraction of sp³-hybridized carbons (Fsp3) is 0.500. The van der Waals surface area contributed by atoms with E-state index in [-0.39, 0.29) is 0 Å². The summed E-state index contributed by atoms with van der Waals surface area (Å²) in [5.74, 6) is 1.41. The summed E-state index contributed by atoms with van der Waals surface area (Å²) in [6.07, 6.45) is 3.58. The number of methoxy groups -OCH3 is 1. The monoisotopic (exact) mass is 274 g/mol. The van der Waals surface area contributed by atoms with Gasteiger partial charge in [0.15, 0.2) is 0 Å². The first-order valence-corrected chi connectivity index (χ1v) is 6.89. The highest BCUT2D eigenvalue weighted by Crippen LogP contribution is 2.20. The van der Waals surface area contributed by atoms with Crippen molar-refractivity contribution in [2.75, 3.05) is 13.7 Å². The summed E-state index contributed by atoms with van der Waals surface area (Å²) in [5, 5.41) is 12.6. The van der Waals surface area contributed by atoms with E-state index in [0.29, 0.717) is 11.9 Å². The minimum atomic E-state index is 0.348. The van der Waals surface area contributed by atoms with Crippen molar-refractivity contribution in [3.63, 3.8) is 0 Å². The number of hydrogen-bond acceptors (Lipinski definition) is 5. The first kappa shape index (κ1) is 13.1. The largest absolute Gasteiger partial charge is 0.497 e. The van der Waals surface area contributed by atoms with Crippen molar-refractivity contribution < 1.29 is 9.47 Å². The van der Waals surface area contributed by atoms with Crippen molar-refractivity contribution >= 4 is 0 Å². The van der Waals surface area contributed by atoms with E-state index in [1.54, 1.807) is 11.9 Å². The molecule has 1 unspecified atom stereocenters. The first-order valence-electron chi connectivity index (χ1n) is 6.89. The zero-order chi connectivity index (χ0) is 13.8. The molecule has 2 heterocycles. The summed E-state index contributed by atoms with van der Waals surface area (Å²) in [7, 11) is 1.64. The molecule has 0 bridgehead atoms. The van der Waals surface area contributed by atoms with Crippen LogP contribution in [0.15, 0.2) is 24.3 Å². The van der Waals surface area contributed by atoms with Crippen molar-refractivity contribution in [3.8, 4) is 17.1 Å². The molecule has 20 heavy (non-hydrogen) atoms. The van der Waals surface area contributed by atoms with Gasteiger partial charge >= 0.3 is 0 Å². The molecule has 2 aromatic rings. The Morgan fingerprint density at radius 3 is 3.20 bits per heavy atom. The molecule has 3 rings (SSSR count). The molecule has 1 aliphatic heterocycles. The minimum absolute atomic E-state index is 0.348. The van der Waals surface area contributed by atoms with E-state index < -0.39 is 0 Å². The van der Waals surface area contributed by atoms with Crippen LogP contribution in [-0.2, 0) is 11.3 Å². The summed E-state index contributed by atoms with van der Waals surface area (Å²) >= 11 is 0. The highest BCUT2D eigenvalue weighted by atomic mass is 16.5. The molecule has 1 aromatic carbocycles. The molecule has 0 spiro atoms. The Kier molecular flexibility index (Phi) is 3.92. The molecule has 0 aliphatic carbocycles. The third kappa shape index (κ3) is 2.96. The standard InChI is InChI=1S/C14H18N4O2/c1-19-13-5-2-4-11(10-13)14-15-17-18(16-14)8-7-12-6-3-9-20-12/h2,4-5,10,12H,3,6-9H2,1H3. The average molecular weight is 274 g/mol. The Hall–Kier alpha value is -1.95. The number of ether oxygens (including phenoxy) is 2. The molecule has 0 amide bonds. The van der Waals surface area contributed by atoms with Crippen LogP contribution < -0.4 is 4.74 Å². The number of aryl methyl sites for hydroxylation is 1. The van der Waals surface area contributed by atoms with E-state index in [1.807, 2.05) is 24.3 Å². The van der Waals surface area contributed by atoms with Gasteiger partial charge in [0, 0.05) is 12.2 Å². The van der Waals surface area contributed by atoms with Gasteiger partial charge in [0.1, 0.15) is 5.75 Å². The maximum Gasteiger partial charge on any atom is 0.205 e. The van der Waals surface area contributed by atoms with Crippen LogP contribution in [0.25, 0.3) is 11.4 Å². The van der Waals surface area contributed by atoms with Crippen LogP contribution in [0.4, 0.5) is 0 Å². The molecule has 1 atom stereocenters. The summed E-state index contributed by atoms with van der Waals surface area (Å²) in [4.78, 5) is 1.64. The van der Waals surface area contributed by atoms with Crippen LogP contribution in [0.5, 0.6) is 5.75 Å². The normalized spacial score (nSPS) is 18.4. The molecule has 0 radical (unpaired) electrons. The number of hydrogen-bond donors (Lipinski definition) is 0. The van der Waals surface area contributed by atoms with E-state index in [1.165, 1.54) is 0 Å². The van der Waals surface area contributed by atoms with Crippen molar-refractivity contribution in [1.82, 2.24) is 20.2 Å². The predicted octanol–water partition coefficient (Wildman–Crippen LogP) is 1.92. The van der Waals surface area contributed by atoms with E-state index in [2.05, 4.69) is 15.4 Å². The molecule has 0 N–H and O–H groups in total. The smallest absolute Gasteiger partial charge is 0.205 e. The number of nitrogens with zero attached hydrogens (tertiary/aromatic N) is 4. The van der Waals surface area contributed by atoms with Gasteiger partial charge < -0.3 is 9.47 Å². The Morgan fingerprint density at radius 2 is 2.40 bits per heavy atom. The van der Waals surface area contributed by atoms with Crippen molar-refractivity contribution in [2.24, 2.45) is 0 Å². The Bertz CT molecular complexity index is 564. The van der Waals surface area contributed by atoms with Crippen molar-refractivity contribution in [2.45, 2.75) is 31.9 Å². The second-order valence-corrected chi connectivity index (χ2v) is 4.86. The van der Waals surface area contributed by atoms with E-state index >= 15 is 0 Å². The van der Waals surface area contributed by atoms with Gasteiger partial charge in [0.05, 0.1) is 19.8 Å². The molecular formula is C14H18N4O2. The zero-order valence-electron chi connectivity index (χ0n) is 11.5.